The van der Waals surface area contributed by atoms with Crippen LogP contribution >= 0.6 is 0 Å². The van der Waals surface area contributed by atoms with Crippen LogP contribution < -0.4 is 5.73 Å². The van der Waals surface area contributed by atoms with E-state index in [-0.39, 0.29) is 21.2 Å². The summed E-state index contributed by atoms with van der Waals surface area (Å²) < 4.78 is 187. The number of rotatable bonds is 16. The van der Waals surface area contributed by atoms with Gasteiger partial charge in [-0.1, -0.05) is 0 Å². The Kier molecular flexibility index (Phi) is 12.7. The lowest BCUT2D eigenvalue weighted by Crippen LogP contribution is -2.15. The molecule has 0 saturated carbocycles. The molecule has 7 N–H and O–H groups in total. The lowest BCUT2D eigenvalue weighted by molar-refractivity contribution is 0.282. The predicted molar refractivity (Wildman–Crippen MR) is 190 cm³/mol. The largest absolute Gasteiger partial charge is 0.505 e. The number of anilines is 1. The molecule has 0 aromatic heterocycles. The van der Waals surface area contributed by atoms with Gasteiger partial charge < -0.3 is 10.8 Å². The smallest absolute Gasteiger partial charge is 0.397 e. The molecule has 56 heavy (non-hydrogen) atoms. The zero-order chi connectivity index (χ0) is 42.1. The molecular formula is C26H25N5O19S6. The van der Waals surface area contributed by atoms with Crippen LogP contribution in [-0.4, -0.2) is 98.5 Å². The van der Waals surface area contributed by atoms with Crippen LogP contribution in [0.4, 0.5) is 28.4 Å². The van der Waals surface area contributed by atoms with Gasteiger partial charge in [0.15, 0.2) is 25.4 Å². The van der Waals surface area contributed by atoms with E-state index in [1.54, 1.807) is 0 Å². The Labute approximate surface area is 317 Å². The molecule has 0 saturated heterocycles. The second-order valence-corrected chi connectivity index (χ2v) is 20.0. The minimum Gasteiger partial charge on any atom is -0.505 e. The van der Waals surface area contributed by atoms with E-state index >= 15 is 0 Å². The minimum atomic E-state index is -5.29. The highest BCUT2D eigenvalue weighted by molar-refractivity contribution is 7.91. The molecule has 4 rings (SSSR count). The van der Waals surface area contributed by atoms with Gasteiger partial charge in [-0.25, -0.2) is 25.2 Å². The average molecular weight is 904 g/mol. The van der Waals surface area contributed by atoms with E-state index in [1.807, 2.05) is 0 Å². The van der Waals surface area contributed by atoms with Crippen LogP contribution in [0.25, 0.3) is 10.8 Å². The summed E-state index contributed by atoms with van der Waals surface area (Å²) in [5, 5.41) is 25.0. The third-order valence-electron chi connectivity index (χ3n) is 6.96. The second-order valence-electron chi connectivity index (χ2n) is 10.8. The van der Waals surface area contributed by atoms with Crippen molar-refractivity contribution < 1.29 is 82.2 Å². The van der Waals surface area contributed by atoms with E-state index in [9.17, 15) is 64.7 Å². The van der Waals surface area contributed by atoms with Crippen molar-refractivity contribution in [1.82, 2.24) is 0 Å². The number of nitrogens with zero attached hydrogens (tertiary/aromatic N) is 4. The highest BCUT2D eigenvalue weighted by Gasteiger charge is 2.28. The number of nitrogens with two attached hydrogens (primary N) is 1. The first kappa shape index (κ1) is 44.1. The van der Waals surface area contributed by atoms with Crippen molar-refractivity contribution in [3.05, 3.63) is 60.7 Å². The fraction of sp³-hybridized carbons (Fsp3) is 0.154. The number of phenolic OH excluding ortho intramolecular Hbond substituents is 1. The number of hydrogen-bond acceptors (Lipinski definition) is 20. The molecule has 0 aliphatic heterocycles. The van der Waals surface area contributed by atoms with E-state index < -0.39 is 129 Å². The van der Waals surface area contributed by atoms with Crippen molar-refractivity contribution in [2.45, 2.75) is 19.6 Å². The fourth-order valence-electron chi connectivity index (χ4n) is 4.49. The number of fused-ring (bicyclic) bond motifs is 1. The highest BCUT2D eigenvalue weighted by atomic mass is 32.3. The second kappa shape index (κ2) is 16.1. The van der Waals surface area contributed by atoms with E-state index in [0.717, 1.165) is 48.5 Å². The van der Waals surface area contributed by atoms with Crippen LogP contribution in [0.2, 0.25) is 0 Å². The van der Waals surface area contributed by atoms with Crippen molar-refractivity contribution in [2.24, 2.45) is 20.5 Å². The van der Waals surface area contributed by atoms with Crippen molar-refractivity contribution in [3.8, 4) is 5.75 Å². The molecule has 0 fully saturated rings. The standard InChI is InChI=1S/C26H25N5O19S6/c27-23-22-15(13-20(53(37,38)39)24(23)30-28-16-1-5-18(6-2-16)51(33,34)11-9-49-55(43,44)45)14-21(54(40,41)42)25(26(22)32)31-29-17-3-7-19(8-4-17)52(35,36)12-10-50-56(46,47)48/h1-8,13-14,32H,9-12,27H2,(H,37,38,39)(H,40,41,42)(H,43,44,45)(H,46,47,48). The van der Waals surface area contributed by atoms with Gasteiger partial charge in [0.05, 0.1) is 57.0 Å². The summed E-state index contributed by atoms with van der Waals surface area (Å²) in [7, 11) is -28.6. The van der Waals surface area contributed by atoms with Gasteiger partial charge in [0, 0.05) is 0 Å². The third-order valence-corrected chi connectivity index (χ3v) is 13.0. The van der Waals surface area contributed by atoms with Gasteiger partial charge in [-0.3, -0.25) is 18.2 Å². The Hall–Kier alpha value is -4.60. The first-order valence-corrected chi connectivity index (χ1v) is 23.3. The number of phenols is 1. The quantitative estimate of drug-likeness (QED) is 0.0534. The summed E-state index contributed by atoms with van der Waals surface area (Å²) in [4.78, 5) is -2.93. The molecule has 24 nitrogen and oxygen atoms in total. The maximum Gasteiger partial charge on any atom is 0.397 e. The van der Waals surface area contributed by atoms with Crippen LogP contribution in [0.15, 0.2) is 101 Å². The summed E-state index contributed by atoms with van der Waals surface area (Å²) in [5.74, 6) is -2.85. The summed E-state index contributed by atoms with van der Waals surface area (Å²) in [5.41, 5.74) is 3.29. The molecule has 0 heterocycles. The number of aromatic hydroxyl groups is 1. The Balaban J connectivity index is 1.76. The SMILES string of the molecule is Nc1c(N=Nc2ccc(S(=O)(=O)CCOS(=O)(=O)O)cc2)c(S(=O)(=O)O)cc2cc(S(=O)(=O)O)c(N=Nc3ccc(S(=O)(=O)CCOS(=O)(=O)O)cc3)c(O)c12. The van der Waals surface area contributed by atoms with Crippen molar-refractivity contribution in [2.75, 3.05) is 30.5 Å². The summed E-state index contributed by atoms with van der Waals surface area (Å²) in [6, 6.07) is 9.46. The molecule has 0 aliphatic carbocycles. The highest BCUT2D eigenvalue weighted by Crippen LogP contribution is 2.48. The van der Waals surface area contributed by atoms with Crippen LogP contribution in [0, 0.1) is 0 Å². The Morgan fingerprint density at radius 1 is 0.536 bits per heavy atom. The number of benzene rings is 4. The molecule has 0 spiro atoms. The molecule has 0 aliphatic rings. The molecule has 0 radical (unpaired) electrons. The Bertz CT molecular complexity index is 2740. The van der Waals surface area contributed by atoms with Crippen molar-refractivity contribution in [3.63, 3.8) is 0 Å². The van der Waals surface area contributed by atoms with Crippen molar-refractivity contribution >= 4 is 99.9 Å². The zero-order valence-corrected chi connectivity index (χ0v) is 32.3. The molecule has 304 valence electrons. The topological polar surface area (TPSA) is 400 Å². The third kappa shape index (κ3) is 11.3. The van der Waals surface area contributed by atoms with Crippen molar-refractivity contribution in [1.29, 1.82) is 0 Å². The van der Waals surface area contributed by atoms with E-state index in [0.29, 0.717) is 12.1 Å². The van der Waals surface area contributed by atoms with Crippen LogP contribution in [0.1, 0.15) is 0 Å². The van der Waals surface area contributed by atoms with Gasteiger partial charge in [-0.15, -0.1) is 10.2 Å². The van der Waals surface area contributed by atoms with Crippen LogP contribution in [-0.2, 0) is 69.1 Å². The summed E-state index contributed by atoms with van der Waals surface area (Å²) in [6.07, 6.45) is 0. The van der Waals surface area contributed by atoms with E-state index in [2.05, 4.69) is 28.8 Å². The average Bonchev–Trinajstić information content (AvgIpc) is 3.05. The van der Waals surface area contributed by atoms with E-state index in [1.165, 1.54) is 0 Å². The Morgan fingerprint density at radius 2 is 0.893 bits per heavy atom. The molecule has 0 atom stereocenters. The Morgan fingerprint density at radius 3 is 1.25 bits per heavy atom. The number of nitrogen functional groups attached to an aromatic ring is 1. The monoisotopic (exact) mass is 903 g/mol. The molecular weight excluding hydrogens is 879 g/mol. The summed E-state index contributed by atoms with van der Waals surface area (Å²) in [6.45, 7) is -1.83. The van der Waals surface area contributed by atoms with Crippen LogP contribution in [0.3, 0.4) is 0 Å². The normalized spacial score (nSPS) is 13.6. The van der Waals surface area contributed by atoms with Gasteiger partial charge in [0.1, 0.15) is 21.2 Å². The van der Waals surface area contributed by atoms with Gasteiger partial charge in [0.2, 0.25) is 0 Å². The molecule has 4 aromatic rings. The van der Waals surface area contributed by atoms with Gasteiger partial charge >= 0.3 is 20.8 Å². The minimum absolute atomic E-state index is 0.149. The molecule has 0 amide bonds. The van der Waals surface area contributed by atoms with Crippen LogP contribution in [0.5, 0.6) is 5.75 Å². The van der Waals surface area contributed by atoms with Gasteiger partial charge in [-0.2, -0.15) is 43.9 Å². The first-order valence-electron chi connectivity index (χ1n) is 14.4. The van der Waals surface area contributed by atoms with Gasteiger partial charge in [-0.05, 0) is 66.0 Å². The molecule has 0 bridgehead atoms. The van der Waals surface area contributed by atoms with E-state index in [4.69, 9.17) is 14.8 Å². The predicted octanol–water partition coefficient (Wildman–Crippen LogP) is 2.64. The first-order chi connectivity index (χ1) is 25.6. The summed E-state index contributed by atoms with van der Waals surface area (Å²) >= 11 is 0. The van der Waals surface area contributed by atoms with Gasteiger partial charge in [0.25, 0.3) is 20.2 Å². The lowest BCUT2D eigenvalue weighted by Gasteiger charge is -2.14. The molecule has 4 aromatic carbocycles. The zero-order valence-electron chi connectivity index (χ0n) is 27.4. The maximum atomic E-state index is 12.5. The molecule has 0 unspecified atom stereocenters. The lowest BCUT2D eigenvalue weighted by atomic mass is 10.1. The molecule has 30 heteroatoms. The number of hydrogen-bond donors (Lipinski definition) is 6. The fourth-order valence-corrected chi connectivity index (χ4v) is 8.80. The number of sulfone groups is 2. The number of azo groups is 2. The maximum absolute atomic E-state index is 12.5.